The first kappa shape index (κ1) is 28.9. The fourth-order valence-corrected chi connectivity index (χ4v) is 5.97. The summed E-state index contributed by atoms with van der Waals surface area (Å²) in [4.78, 5) is 37.1. The average molecular weight is 545 g/mol. The summed E-state index contributed by atoms with van der Waals surface area (Å²) >= 11 is 0. The zero-order valence-corrected chi connectivity index (χ0v) is 23.5. The van der Waals surface area contributed by atoms with E-state index in [9.17, 15) is 19.5 Å². The minimum Gasteiger partial charge on any atom is -0.493 e. The second kappa shape index (κ2) is 12.0. The second-order valence-electron chi connectivity index (χ2n) is 11.4. The molecular weight excluding hydrogens is 504 g/mol. The molecule has 1 aromatic carbocycles. The molecule has 214 valence electrons. The van der Waals surface area contributed by atoms with Gasteiger partial charge in [-0.1, -0.05) is 33.3 Å². The highest BCUT2D eigenvalue weighted by Gasteiger charge is 2.47. The first-order valence-electron chi connectivity index (χ1n) is 13.8. The van der Waals surface area contributed by atoms with Crippen molar-refractivity contribution in [3.8, 4) is 11.5 Å². The molecule has 0 saturated heterocycles. The van der Waals surface area contributed by atoms with Crippen LogP contribution in [0.2, 0.25) is 0 Å². The zero-order chi connectivity index (χ0) is 28.3. The van der Waals surface area contributed by atoms with E-state index in [1.165, 1.54) is 0 Å². The number of aliphatic hydroxyl groups is 1. The van der Waals surface area contributed by atoms with Crippen molar-refractivity contribution < 1.29 is 43.2 Å². The van der Waals surface area contributed by atoms with Crippen LogP contribution >= 0.6 is 0 Å². The Balaban J connectivity index is 1.61. The van der Waals surface area contributed by atoms with E-state index in [1.54, 1.807) is 13.2 Å². The van der Waals surface area contributed by atoms with Crippen LogP contribution in [0, 0.1) is 17.8 Å². The Kier molecular flexibility index (Phi) is 8.89. The van der Waals surface area contributed by atoms with Crippen molar-refractivity contribution in [1.29, 1.82) is 0 Å². The van der Waals surface area contributed by atoms with Gasteiger partial charge in [0.2, 0.25) is 6.10 Å². The Morgan fingerprint density at radius 1 is 1.23 bits per heavy atom. The average Bonchev–Trinajstić information content (AvgIpc) is 2.87. The smallest absolute Gasteiger partial charge is 0.348 e. The Morgan fingerprint density at radius 3 is 2.69 bits per heavy atom. The molecule has 6 bridgehead atoms. The molecule has 1 aliphatic heterocycles. The van der Waals surface area contributed by atoms with Crippen LogP contribution in [0.3, 0.4) is 0 Å². The quantitative estimate of drug-likeness (QED) is 0.382. The number of fused-ring (bicyclic) bond motifs is 4. The maximum Gasteiger partial charge on any atom is 0.348 e. The lowest BCUT2D eigenvalue weighted by molar-refractivity contribution is -0.171. The third-order valence-electron chi connectivity index (χ3n) is 7.93. The third kappa shape index (κ3) is 6.57. The highest BCUT2D eigenvalue weighted by molar-refractivity contribution is 5.84. The van der Waals surface area contributed by atoms with Crippen LogP contribution in [0.1, 0.15) is 70.9 Å². The maximum absolute atomic E-state index is 13.0. The van der Waals surface area contributed by atoms with Crippen LogP contribution in [-0.2, 0) is 41.4 Å². The van der Waals surface area contributed by atoms with Gasteiger partial charge < -0.3 is 28.8 Å². The number of carbonyl (C=O) groups excluding carboxylic acids is 3. The molecule has 0 fully saturated rings. The fraction of sp³-hybridized carbons (Fsp3) is 0.633. The molecule has 0 spiro atoms. The summed E-state index contributed by atoms with van der Waals surface area (Å²) in [5, 5.41) is 11.9. The van der Waals surface area contributed by atoms with Crippen molar-refractivity contribution in [3.05, 3.63) is 35.1 Å². The van der Waals surface area contributed by atoms with Gasteiger partial charge in [0, 0.05) is 18.9 Å². The number of hydrogen-bond donors (Lipinski definition) is 1. The molecule has 0 aromatic heterocycles. The van der Waals surface area contributed by atoms with Gasteiger partial charge in [0.25, 0.3) is 0 Å². The van der Waals surface area contributed by atoms with Crippen LogP contribution in [0.25, 0.3) is 0 Å². The second-order valence-corrected chi connectivity index (χ2v) is 11.4. The lowest BCUT2D eigenvalue weighted by atomic mass is 9.67. The van der Waals surface area contributed by atoms with Gasteiger partial charge in [-0.25, -0.2) is 4.79 Å². The minimum absolute atomic E-state index is 0.000397. The zero-order valence-electron chi connectivity index (χ0n) is 23.5. The molecule has 1 aromatic rings. The van der Waals surface area contributed by atoms with Crippen LogP contribution < -0.4 is 9.47 Å². The topological polar surface area (TPSA) is 118 Å². The highest BCUT2D eigenvalue weighted by Crippen LogP contribution is 2.48. The summed E-state index contributed by atoms with van der Waals surface area (Å²) in [5.74, 6) is -0.450. The number of benzene rings is 1. The molecule has 9 heteroatoms. The molecular formula is C30H40O9. The predicted octanol–water partition coefficient (Wildman–Crippen LogP) is 4.06. The molecule has 5 atom stereocenters. The van der Waals surface area contributed by atoms with Crippen LogP contribution in [-0.4, -0.2) is 54.5 Å². The van der Waals surface area contributed by atoms with Crippen molar-refractivity contribution in [2.45, 2.75) is 90.4 Å². The van der Waals surface area contributed by atoms with Crippen LogP contribution in [0.5, 0.6) is 11.5 Å². The van der Waals surface area contributed by atoms with Crippen LogP contribution in [0.15, 0.2) is 24.0 Å². The van der Waals surface area contributed by atoms with Crippen LogP contribution in [0.4, 0.5) is 0 Å². The first-order chi connectivity index (χ1) is 18.5. The van der Waals surface area contributed by atoms with E-state index in [4.69, 9.17) is 23.7 Å². The van der Waals surface area contributed by atoms with Gasteiger partial charge in [-0.3, -0.25) is 9.59 Å². The molecule has 3 aliphatic rings. The SMILES string of the molecule is COc1ccc2c3c1O[C@@H]1C[C@@](O)(CC=C1OC(=O)C[C@H](OC(C)=O)C(=O)OCC(C)C)[C@@H](C2)C(C)CCC3. The first-order valence-corrected chi connectivity index (χ1v) is 13.8. The fourth-order valence-electron chi connectivity index (χ4n) is 5.97. The van der Waals surface area contributed by atoms with E-state index in [2.05, 4.69) is 13.0 Å². The van der Waals surface area contributed by atoms with Gasteiger partial charge in [-0.05, 0) is 61.1 Å². The lowest BCUT2D eigenvalue weighted by Crippen LogP contribution is -2.48. The monoisotopic (exact) mass is 544 g/mol. The molecule has 1 heterocycles. The lowest BCUT2D eigenvalue weighted by Gasteiger charge is -2.43. The van der Waals surface area contributed by atoms with Crippen molar-refractivity contribution in [3.63, 3.8) is 0 Å². The molecule has 0 amide bonds. The predicted molar refractivity (Wildman–Crippen MR) is 141 cm³/mol. The largest absolute Gasteiger partial charge is 0.493 e. The van der Waals surface area contributed by atoms with Gasteiger partial charge in [0.1, 0.15) is 5.76 Å². The molecule has 1 N–H and O–H groups in total. The van der Waals surface area contributed by atoms with Crippen molar-refractivity contribution in [1.82, 2.24) is 0 Å². The van der Waals surface area contributed by atoms with E-state index >= 15 is 0 Å². The van der Waals surface area contributed by atoms with E-state index < -0.39 is 42.1 Å². The van der Waals surface area contributed by atoms with Crippen molar-refractivity contribution in [2.75, 3.05) is 13.7 Å². The Hall–Kier alpha value is -3.07. The number of rotatable bonds is 8. The summed E-state index contributed by atoms with van der Waals surface area (Å²) < 4.78 is 28.1. The van der Waals surface area contributed by atoms with E-state index in [0.717, 1.165) is 43.7 Å². The molecule has 2 aliphatic carbocycles. The highest BCUT2D eigenvalue weighted by atomic mass is 16.6. The molecule has 0 saturated carbocycles. The Labute approximate surface area is 229 Å². The van der Waals surface area contributed by atoms with Gasteiger partial charge in [0.05, 0.1) is 25.7 Å². The molecule has 4 rings (SSSR count). The summed E-state index contributed by atoms with van der Waals surface area (Å²) in [5.41, 5.74) is 1.16. The summed E-state index contributed by atoms with van der Waals surface area (Å²) in [7, 11) is 1.59. The summed E-state index contributed by atoms with van der Waals surface area (Å²) in [6.07, 6.45) is 3.09. The number of hydrogen-bond acceptors (Lipinski definition) is 9. The van der Waals surface area contributed by atoms with Crippen molar-refractivity contribution in [2.24, 2.45) is 17.8 Å². The molecule has 39 heavy (non-hydrogen) atoms. The number of esters is 3. The minimum atomic E-state index is -1.42. The van der Waals surface area contributed by atoms with E-state index in [-0.39, 0.29) is 30.6 Å². The summed E-state index contributed by atoms with van der Waals surface area (Å²) in [6.45, 7) is 7.23. The summed E-state index contributed by atoms with van der Waals surface area (Å²) in [6, 6.07) is 3.95. The standard InChI is InChI=1S/C30H40O9/c1-17(2)16-36-29(33)25(37-19(4)31)14-27(32)38-23-11-12-30(34)15-26(23)39-28-21-8-6-7-18(3)22(30)13-20(21)9-10-24(28)35-5/h9-11,17-18,22,25-26,34H,6-8,12-16H2,1-5H3/t18?,22-,25-,26+,30-/m0/s1. The van der Waals surface area contributed by atoms with Gasteiger partial charge in [0.15, 0.2) is 17.6 Å². The Bertz CT molecular complexity index is 1120. The van der Waals surface area contributed by atoms with E-state index in [0.29, 0.717) is 23.8 Å². The Morgan fingerprint density at radius 2 is 2.00 bits per heavy atom. The molecule has 0 radical (unpaired) electrons. The maximum atomic E-state index is 13.0. The van der Waals surface area contributed by atoms with Crippen molar-refractivity contribution >= 4 is 17.9 Å². The molecule has 1 unspecified atom stereocenters. The molecule has 9 nitrogen and oxygen atoms in total. The number of ether oxygens (including phenoxy) is 5. The third-order valence-corrected chi connectivity index (χ3v) is 7.93. The number of methoxy groups -OCH3 is 1. The normalized spacial score (nSPS) is 26.4. The van der Waals surface area contributed by atoms with E-state index in [1.807, 2.05) is 19.9 Å². The van der Waals surface area contributed by atoms with Gasteiger partial charge in [-0.15, -0.1) is 0 Å². The van der Waals surface area contributed by atoms with Gasteiger partial charge in [-0.2, -0.15) is 0 Å². The number of carbonyl (C=O) groups is 3. The van der Waals surface area contributed by atoms with Gasteiger partial charge >= 0.3 is 17.9 Å².